The van der Waals surface area contributed by atoms with Crippen LogP contribution in [0.1, 0.15) is 17.5 Å². The van der Waals surface area contributed by atoms with Gasteiger partial charge >= 0.3 is 5.97 Å². The first kappa shape index (κ1) is 19.6. The molecule has 140 valence electrons. The molecule has 26 heavy (non-hydrogen) atoms. The van der Waals surface area contributed by atoms with Crippen LogP contribution in [0.2, 0.25) is 0 Å². The molecule has 0 unspecified atom stereocenters. The number of ether oxygens (including phenoxy) is 2. The van der Waals surface area contributed by atoms with E-state index in [9.17, 15) is 13.2 Å². The van der Waals surface area contributed by atoms with Crippen LogP contribution in [0.4, 0.5) is 5.69 Å². The number of anilines is 1. The van der Waals surface area contributed by atoms with Crippen molar-refractivity contribution in [3.8, 4) is 11.5 Å². The fourth-order valence-corrected chi connectivity index (χ4v) is 3.50. The maximum Gasteiger partial charge on any atom is 0.303 e. The number of carboxylic acid groups (broad SMARTS) is 1. The van der Waals surface area contributed by atoms with Crippen molar-refractivity contribution in [3.63, 3.8) is 0 Å². The molecule has 0 saturated heterocycles. The number of hydrogen-bond donors (Lipinski definition) is 2. The Morgan fingerprint density at radius 1 is 1.12 bits per heavy atom. The lowest BCUT2D eigenvalue weighted by Crippen LogP contribution is -2.13. The normalized spacial score (nSPS) is 11.0. The second kappa shape index (κ2) is 8.09. The van der Waals surface area contributed by atoms with Crippen molar-refractivity contribution in [2.24, 2.45) is 0 Å². The van der Waals surface area contributed by atoms with E-state index in [0.717, 1.165) is 5.56 Å². The maximum atomic E-state index is 12.6. The van der Waals surface area contributed by atoms with Gasteiger partial charge in [0.15, 0.2) is 11.5 Å². The van der Waals surface area contributed by atoms with Crippen LogP contribution in [0.25, 0.3) is 0 Å². The molecule has 0 bridgehead atoms. The van der Waals surface area contributed by atoms with Crippen LogP contribution in [0.15, 0.2) is 41.3 Å². The van der Waals surface area contributed by atoms with E-state index < -0.39 is 16.0 Å². The summed E-state index contributed by atoms with van der Waals surface area (Å²) in [6.07, 6.45) is 0.0582. The third-order valence-electron chi connectivity index (χ3n) is 3.75. The zero-order valence-electron chi connectivity index (χ0n) is 14.8. The Morgan fingerprint density at radius 3 is 2.31 bits per heavy atom. The van der Waals surface area contributed by atoms with Gasteiger partial charge < -0.3 is 14.6 Å². The molecule has 0 aliphatic carbocycles. The summed E-state index contributed by atoms with van der Waals surface area (Å²) in [6.45, 7) is 1.87. The van der Waals surface area contributed by atoms with Gasteiger partial charge in [-0.1, -0.05) is 17.7 Å². The summed E-state index contributed by atoms with van der Waals surface area (Å²) >= 11 is 0. The average molecular weight is 379 g/mol. The fourth-order valence-electron chi connectivity index (χ4n) is 2.46. The van der Waals surface area contributed by atoms with Crippen LogP contribution in [0, 0.1) is 6.92 Å². The molecule has 8 heteroatoms. The van der Waals surface area contributed by atoms with Gasteiger partial charge in [-0.05, 0) is 31.5 Å². The lowest BCUT2D eigenvalue weighted by molar-refractivity contribution is -0.136. The van der Waals surface area contributed by atoms with Crippen molar-refractivity contribution in [2.75, 3.05) is 18.9 Å². The highest BCUT2D eigenvalue weighted by Crippen LogP contribution is 2.36. The summed E-state index contributed by atoms with van der Waals surface area (Å²) in [5.74, 6) is -0.263. The molecular weight excluding hydrogens is 358 g/mol. The number of nitrogens with one attached hydrogen (secondary N) is 1. The maximum absolute atomic E-state index is 12.6. The van der Waals surface area contributed by atoms with Gasteiger partial charge in [-0.2, -0.15) is 0 Å². The molecule has 0 spiro atoms. The van der Waals surface area contributed by atoms with Crippen LogP contribution < -0.4 is 14.2 Å². The lowest BCUT2D eigenvalue weighted by Gasteiger charge is -2.16. The lowest BCUT2D eigenvalue weighted by atomic mass is 10.1. The van der Waals surface area contributed by atoms with Crippen molar-refractivity contribution >= 4 is 21.7 Å². The molecule has 0 aliphatic heterocycles. The third kappa shape index (κ3) is 4.66. The van der Waals surface area contributed by atoms with E-state index >= 15 is 0 Å². The van der Waals surface area contributed by atoms with E-state index in [-0.39, 0.29) is 23.4 Å². The summed E-state index contributed by atoms with van der Waals surface area (Å²) in [4.78, 5) is 11.0. The molecule has 0 aliphatic rings. The second-order valence-electron chi connectivity index (χ2n) is 5.68. The minimum absolute atomic E-state index is 0.117. The molecule has 0 heterocycles. The monoisotopic (exact) mass is 379 g/mol. The number of hydrogen-bond acceptors (Lipinski definition) is 5. The topological polar surface area (TPSA) is 102 Å². The van der Waals surface area contributed by atoms with Gasteiger partial charge in [-0.15, -0.1) is 0 Å². The number of methoxy groups -OCH3 is 2. The van der Waals surface area contributed by atoms with E-state index in [1.165, 1.54) is 32.4 Å². The van der Waals surface area contributed by atoms with Gasteiger partial charge in [0.2, 0.25) is 0 Å². The van der Waals surface area contributed by atoms with Gasteiger partial charge in [-0.3, -0.25) is 9.52 Å². The van der Waals surface area contributed by atoms with Gasteiger partial charge in [0.1, 0.15) is 0 Å². The van der Waals surface area contributed by atoms with Crippen molar-refractivity contribution in [1.29, 1.82) is 0 Å². The number of aliphatic carboxylic acids is 1. The molecule has 0 saturated carbocycles. The number of aryl methyl sites for hydroxylation is 2. The van der Waals surface area contributed by atoms with Crippen LogP contribution in [-0.2, 0) is 21.2 Å². The van der Waals surface area contributed by atoms with E-state index in [1.807, 2.05) is 6.92 Å². The molecule has 0 atom stereocenters. The molecular formula is C18H21NO6S. The number of carbonyl (C=O) groups is 1. The molecule has 0 radical (unpaired) electrons. The quantitative estimate of drug-likeness (QED) is 0.731. The van der Waals surface area contributed by atoms with Gasteiger partial charge in [0, 0.05) is 18.1 Å². The standard InChI is InChI=1S/C18H21NO6S/c1-12-4-7-15(8-5-12)26(22,23)19-14-10-13(6-9-17(20)21)18(25-3)16(11-14)24-2/h4-5,7-8,10-11,19H,6,9H2,1-3H3,(H,20,21). The zero-order valence-corrected chi connectivity index (χ0v) is 15.6. The first-order valence-electron chi connectivity index (χ1n) is 7.83. The smallest absolute Gasteiger partial charge is 0.303 e. The minimum atomic E-state index is -3.79. The summed E-state index contributed by atoms with van der Waals surface area (Å²) < 4.78 is 38.2. The van der Waals surface area contributed by atoms with Crippen LogP contribution in [0.3, 0.4) is 0 Å². The summed E-state index contributed by atoms with van der Waals surface area (Å²) in [7, 11) is -0.915. The molecule has 7 nitrogen and oxygen atoms in total. The van der Waals surface area contributed by atoms with E-state index in [4.69, 9.17) is 14.6 Å². The molecule has 0 aromatic heterocycles. The third-order valence-corrected chi connectivity index (χ3v) is 5.14. The van der Waals surface area contributed by atoms with Gasteiger partial charge in [0.25, 0.3) is 10.0 Å². The second-order valence-corrected chi connectivity index (χ2v) is 7.37. The first-order chi connectivity index (χ1) is 12.3. The minimum Gasteiger partial charge on any atom is -0.493 e. The largest absolute Gasteiger partial charge is 0.493 e. The number of carboxylic acids is 1. The predicted molar refractivity (Wildman–Crippen MR) is 97.5 cm³/mol. The van der Waals surface area contributed by atoms with Crippen molar-refractivity contribution in [1.82, 2.24) is 0 Å². The van der Waals surface area contributed by atoms with E-state index in [2.05, 4.69) is 4.72 Å². The highest BCUT2D eigenvalue weighted by molar-refractivity contribution is 7.92. The molecule has 2 rings (SSSR count). The Morgan fingerprint density at radius 2 is 1.77 bits per heavy atom. The van der Waals surface area contributed by atoms with Crippen LogP contribution in [0.5, 0.6) is 11.5 Å². The Labute approximate surface area is 152 Å². The van der Waals surface area contributed by atoms with E-state index in [1.54, 1.807) is 18.2 Å². The van der Waals surface area contributed by atoms with Gasteiger partial charge in [0.05, 0.1) is 24.8 Å². The van der Waals surface area contributed by atoms with Crippen molar-refractivity contribution < 1.29 is 27.8 Å². The average Bonchev–Trinajstić information content (AvgIpc) is 2.59. The number of rotatable bonds is 8. The summed E-state index contributed by atoms with van der Waals surface area (Å²) in [5, 5.41) is 8.91. The summed E-state index contributed by atoms with van der Waals surface area (Å²) in [5.41, 5.74) is 1.76. The van der Waals surface area contributed by atoms with Gasteiger partial charge in [-0.25, -0.2) is 8.42 Å². The fraction of sp³-hybridized carbons (Fsp3) is 0.278. The molecule has 2 N–H and O–H groups in total. The molecule has 2 aromatic carbocycles. The molecule has 0 amide bonds. The predicted octanol–water partition coefficient (Wildman–Crippen LogP) is 2.83. The Hall–Kier alpha value is -2.74. The van der Waals surface area contributed by atoms with Crippen molar-refractivity contribution in [2.45, 2.75) is 24.7 Å². The van der Waals surface area contributed by atoms with Crippen LogP contribution in [-0.4, -0.2) is 33.7 Å². The Bertz CT molecular complexity index is 891. The number of sulfonamides is 1. The number of benzene rings is 2. The van der Waals surface area contributed by atoms with Crippen LogP contribution >= 0.6 is 0 Å². The molecule has 0 fully saturated rings. The first-order valence-corrected chi connectivity index (χ1v) is 9.31. The zero-order chi connectivity index (χ0) is 19.3. The Balaban J connectivity index is 2.40. The molecule has 2 aromatic rings. The highest BCUT2D eigenvalue weighted by Gasteiger charge is 2.18. The summed E-state index contributed by atoms with van der Waals surface area (Å²) in [6, 6.07) is 9.50. The highest BCUT2D eigenvalue weighted by atomic mass is 32.2. The van der Waals surface area contributed by atoms with Crippen molar-refractivity contribution in [3.05, 3.63) is 47.5 Å². The van der Waals surface area contributed by atoms with E-state index in [0.29, 0.717) is 17.1 Å². The Kier molecular flexibility index (Phi) is 6.10. The SMILES string of the molecule is COc1cc(NS(=O)(=O)c2ccc(C)cc2)cc(CCC(=O)O)c1OC.